The first-order chi connectivity index (χ1) is 9.35. The molecule has 0 saturated heterocycles. The number of benzene rings is 1. The molecule has 0 aliphatic carbocycles. The molecule has 2 N–H and O–H groups in total. The number of anilines is 1. The van der Waals surface area contributed by atoms with Gasteiger partial charge in [-0.3, -0.25) is 9.89 Å². The van der Waals surface area contributed by atoms with E-state index in [9.17, 15) is 18.0 Å². The van der Waals surface area contributed by atoms with Crippen molar-refractivity contribution in [1.82, 2.24) is 10.2 Å². The molecule has 0 bridgehead atoms. The van der Waals surface area contributed by atoms with Crippen molar-refractivity contribution in [3.05, 3.63) is 40.6 Å². The summed E-state index contributed by atoms with van der Waals surface area (Å²) < 4.78 is 41.1. The van der Waals surface area contributed by atoms with Gasteiger partial charge in [0.2, 0.25) is 0 Å². The maximum Gasteiger partial charge on any atom is 0.573 e. The molecule has 1 aromatic carbocycles. The van der Waals surface area contributed by atoms with Gasteiger partial charge in [-0.15, -0.1) is 13.2 Å². The Morgan fingerprint density at radius 2 is 2.15 bits per heavy atom. The van der Waals surface area contributed by atoms with E-state index in [1.165, 1.54) is 24.5 Å². The average molecular weight is 350 g/mol. The van der Waals surface area contributed by atoms with Crippen LogP contribution in [0.1, 0.15) is 10.4 Å². The minimum atomic E-state index is -4.85. The summed E-state index contributed by atoms with van der Waals surface area (Å²) in [6, 6.07) is 3.88. The summed E-state index contributed by atoms with van der Waals surface area (Å²) in [7, 11) is 0. The summed E-state index contributed by atoms with van der Waals surface area (Å²) in [5, 5.41) is 8.32. The lowest BCUT2D eigenvalue weighted by Gasteiger charge is -2.14. The van der Waals surface area contributed by atoms with E-state index < -0.39 is 18.0 Å². The van der Waals surface area contributed by atoms with E-state index in [1.807, 2.05) is 0 Å². The number of H-pyrrole nitrogens is 1. The first-order valence-corrected chi connectivity index (χ1v) is 6.00. The largest absolute Gasteiger partial charge is 0.573 e. The van der Waals surface area contributed by atoms with Crippen molar-refractivity contribution >= 4 is 27.5 Å². The third-order valence-corrected chi connectivity index (χ3v) is 2.67. The van der Waals surface area contributed by atoms with Crippen LogP contribution in [0.2, 0.25) is 0 Å². The normalized spacial score (nSPS) is 11.2. The molecule has 9 heteroatoms. The van der Waals surface area contributed by atoms with E-state index in [0.29, 0.717) is 4.47 Å². The lowest BCUT2D eigenvalue weighted by molar-refractivity contribution is -0.274. The number of halogens is 4. The van der Waals surface area contributed by atoms with Gasteiger partial charge >= 0.3 is 6.36 Å². The van der Waals surface area contributed by atoms with Crippen molar-refractivity contribution in [3.8, 4) is 5.75 Å². The van der Waals surface area contributed by atoms with Crippen LogP contribution in [-0.2, 0) is 0 Å². The molecular formula is C11H7BrF3N3O2. The molecule has 0 saturated carbocycles. The molecule has 0 aliphatic heterocycles. The zero-order valence-electron chi connectivity index (χ0n) is 9.66. The van der Waals surface area contributed by atoms with Crippen LogP contribution in [0.3, 0.4) is 0 Å². The lowest BCUT2D eigenvalue weighted by Crippen LogP contribution is -2.19. The van der Waals surface area contributed by atoms with Crippen molar-refractivity contribution in [2.75, 3.05) is 5.32 Å². The molecule has 0 radical (unpaired) electrons. The van der Waals surface area contributed by atoms with Gasteiger partial charge in [-0.25, -0.2) is 0 Å². The van der Waals surface area contributed by atoms with E-state index in [0.717, 1.165) is 6.07 Å². The molecule has 2 rings (SSSR count). The first-order valence-electron chi connectivity index (χ1n) is 5.20. The van der Waals surface area contributed by atoms with Crippen molar-refractivity contribution < 1.29 is 22.7 Å². The topological polar surface area (TPSA) is 67.0 Å². The van der Waals surface area contributed by atoms with E-state index in [4.69, 9.17) is 0 Å². The lowest BCUT2D eigenvalue weighted by atomic mass is 10.2. The Balaban J connectivity index is 2.25. The van der Waals surface area contributed by atoms with Gasteiger partial charge in [0.25, 0.3) is 5.91 Å². The molecule has 1 heterocycles. The minimum absolute atomic E-state index is 0.100. The Morgan fingerprint density at radius 1 is 1.40 bits per heavy atom. The van der Waals surface area contributed by atoms with Crippen molar-refractivity contribution in [2.45, 2.75) is 6.36 Å². The van der Waals surface area contributed by atoms with E-state index in [-0.39, 0.29) is 11.3 Å². The quantitative estimate of drug-likeness (QED) is 0.893. The van der Waals surface area contributed by atoms with Crippen LogP contribution in [0.5, 0.6) is 5.75 Å². The van der Waals surface area contributed by atoms with Crippen LogP contribution in [0, 0.1) is 0 Å². The van der Waals surface area contributed by atoms with E-state index in [1.54, 1.807) is 0 Å². The number of nitrogens with zero attached hydrogens (tertiary/aromatic N) is 1. The SMILES string of the molecule is O=C(Nc1ccc(Br)cc1OC(F)(F)F)c1cn[nH]c1. The van der Waals surface area contributed by atoms with Crippen LogP contribution in [-0.4, -0.2) is 22.5 Å². The number of hydrogen-bond donors (Lipinski definition) is 2. The molecule has 0 atom stereocenters. The van der Waals surface area contributed by atoms with E-state index >= 15 is 0 Å². The highest BCUT2D eigenvalue weighted by Crippen LogP contribution is 2.33. The molecule has 20 heavy (non-hydrogen) atoms. The standard InChI is InChI=1S/C11H7BrF3N3O2/c12-7-1-2-8(9(3-7)20-11(13,14)15)18-10(19)6-4-16-17-5-6/h1-5H,(H,16,17)(H,18,19). The zero-order chi connectivity index (χ0) is 14.8. The Labute approximate surface area is 119 Å². The predicted molar refractivity (Wildman–Crippen MR) is 67.4 cm³/mol. The predicted octanol–water partition coefficient (Wildman–Crippen LogP) is 3.32. The Hall–Kier alpha value is -2.03. The minimum Gasteiger partial charge on any atom is -0.404 e. The van der Waals surface area contributed by atoms with Gasteiger partial charge in [-0.2, -0.15) is 5.10 Å². The molecule has 0 aliphatic rings. The molecule has 0 fully saturated rings. The number of alkyl halides is 3. The fourth-order valence-corrected chi connectivity index (χ4v) is 1.72. The highest BCUT2D eigenvalue weighted by atomic mass is 79.9. The Bertz CT molecular complexity index is 614. The summed E-state index contributed by atoms with van der Waals surface area (Å²) >= 11 is 3.03. The highest BCUT2D eigenvalue weighted by Gasteiger charge is 2.32. The molecule has 0 spiro atoms. The first kappa shape index (κ1) is 14.4. The fraction of sp³-hybridized carbons (Fsp3) is 0.0909. The second kappa shape index (κ2) is 5.53. The van der Waals surface area contributed by atoms with Crippen molar-refractivity contribution in [1.29, 1.82) is 0 Å². The summed E-state index contributed by atoms with van der Waals surface area (Å²) in [4.78, 5) is 11.8. The van der Waals surface area contributed by atoms with Gasteiger partial charge in [-0.05, 0) is 18.2 Å². The third-order valence-electron chi connectivity index (χ3n) is 2.18. The molecule has 106 valence electrons. The molecular weight excluding hydrogens is 343 g/mol. The van der Waals surface area contributed by atoms with Crippen LogP contribution >= 0.6 is 15.9 Å². The number of rotatable bonds is 3. The van der Waals surface area contributed by atoms with Crippen molar-refractivity contribution in [2.24, 2.45) is 0 Å². The number of ether oxygens (including phenoxy) is 1. The maximum absolute atomic E-state index is 12.3. The van der Waals surface area contributed by atoms with Gasteiger partial charge in [0.05, 0.1) is 17.4 Å². The smallest absolute Gasteiger partial charge is 0.404 e. The van der Waals surface area contributed by atoms with Crippen molar-refractivity contribution in [3.63, 3.8) is 0 Å². The molecule has 5 nitrogen and oxygen atoms in total. The highest BCUT2D eigenvalue weighted by molar-refractivity contribution is 9.10. The van der Waals surface area contributed by atoms with Gasteiger partial charge in [0.15, 0.2) is 5.75 Å². The number of aromatic nitrogens is 2. The molecule has 2 aromatic rings. The number of carbonyl (C=O) groups is 1. The second-order valence-electron chi connectivity index (χ2n) is 3.63. The third kappa shape index (κ3) is 3.73. The van der Waals surface area contributed by atoms with Crippen LogP contribution in [0.15, 0.2) is 35.1 Å². The maximum atomic E-state index is 12.3. The Kier molecular flexibility index (Phi) is 3.98. The number of aromatic amines is 1. The molecule has 1 amide bonds. The van der Waals surface area contributed by atoms with Crippen LogP contribution in [0.25, 0.3) is 0 Å². The Morgan fingerprint density at radius 3 is 2.75 bits per heavy atom. The molecule has 0 unspecified atom stereocenters. The fourth-order valence-electron chi connectivity index (χ4n) is 1.38. The summed E-state index contributed by atoms with van der Waals surface area (Å²) in [6.07, 6.45) is -2.28. The van der Waals surface area contributed by atoms with Crippen LogP contribution in [0.4, 0.5) is 18.9 Å². The number of amides is 1. The van der Waals surface area contributed by atoms with Gasteiger partial charge in [0.1, 0.15) is 0 Å². The van der Waals surface area contributed by atoms with Crippen LogP contribution < -0.4 is 10.1 Å². The van der Waals surface area contributed by atoms with Gasteiger partial charge in [0, 0.05) is 10.7 Å². The van der Waals surface area contributed by atoms with Gasteiger partial charge < -0.3 is 10.1 Å². The average Bonchev–Trinajstić information content (AvgIpc) is 2.84. The number of hydrogen-bond acceptors (Lipinski definition) is 3. The van der Waals surface area contributed by atoms with Gasteiger partial charge in [-0.1, -0.05) is 15.9 Å². The molecule has 1 aromatic heterocycles. The summed E-state index contributed by atoms with van der Waals surface area (Å²) in [5.41, 5.74) is 0.0857. The summed E-state index contributed by atoms with van der Waals surface area (Å²) in [5.74, 6) is -1.11. The second-order valence-corrected chi connectivity index (χ2v) is 4.55. The number of carbonyl (C=O) groups excluding carboxylic acids is 1. The van der Waals surface area contributed by atoms with E-state index in [2.05, 4.69) is 36.2 Å². The number of nitrogens with one attached hydrogen (secondary N) is 2. The summed E-state index contributed by atoms with van der Waals surface area (Å²) in [6.45, 7) is 0. The zero-order valence-corrected chi connectivity index (χ0v) is 11.2. The monoisotopic (exact) mass is 349 g/mol.